The second-order valence-electron chi connectivity index (χ2n) is 4.62. The van der Waals surface area contributed by atoms with Crippen LogP contribution in [0.15, 0.2) is 18.2 Å². The Bertz CT molecular complexity index is 431. The summed E-state index contributed by atoms with van der Waals surface area (Å²) in [6, 6.07) is 5.89. The number of ether oxygens (including phenoxy) is 1. The van der Waals surface area contributed by atoms with E-state index in [0.29, 0.717) is 12.5 Å². The van der Waals surface area contributed by atoms with Crippen molar-refractivity contribution in [2.24, 2.45) is 11.7 Å². The number of hydrogen-bond donors (Lipinski definition) is 2. The Hall–Kier alpha value is -1.55. The van der Waals surface area contributed by atoms with Crippen LogP contribution >= 0.6 is 0 Å². The third-order valence-corrected chi connectivity index (χ3v) is 2.96. The van der Waals surface area contributed by atoms with Crippen LogP contribution in [0.4, 0.5) is 5.69 Å². The van der Waals surface area contributed by atoms with Gasteiger partial charge in [0, 0.05) is 0 Å². The number of benzene rings is 1. The first kappa shape index (κ1) is 11.9. The van der Waals surface area contributed by atoms with E-state index >= 15 is 0 Å². The molecule has 0 bridgehead atoms. The molecule has 1 aromatic rings. The first-order chi connectivity index (χ1) is 8.10. The van der Waals surface area contributed by atoms with E-state index in [1.807, 2.05) is 18.2 Å². The number of carbonyl (C=O) groups is 1. The lowest BCUT2D eigenvalue weighted by atomic mass is 10.0. The van der Waals surface area contributed by atoms with Gasteiger partial charge in [0.1, 0.15) is 5.75 Å². The first-order valence-corrected chi connectivity index (χ1v) is 5.90. The van der Waals surface area contributed by atoms with Gasteiger partial charge in [-0.3, -0.25) is 4.79 Å². The number of amides is 1. The molecule has 0 spiro atoms. The number of fused-ring (bicyclic) bond motifs is 1. The Morgan fingerprint density at radius 2 is 2.29 bits per heavy atom. The van der Waals surface area contributed by atoms with Gasteiger partial charge in [0.15, 0.2) is 6.10 Å². The third-order valence-electron chi connectivity index (χ3n) is 2.96. The van der Waals surface area contributed by atoms with Gasteiger partial charge in [0.2, 0.25) is 0 Å². The highest BCUT2D eigenvalue weighted by molar-refractivity contribution is 5.97. The van der Waals surface area contributed by atoms with Gasteiger partial charge in [-0.1, -0.05) is 13.0 Å². The van der Waals surface area contributed by atoms with Crippen molar-refractivity contribution in [1.82, 2.24) is 0 Å². The van der Waals surface area contributed by atoms with Crippen LogP contribution in [0.3, 0.4) is 0 Å². The molecule has 2 unspecified atom stereocenters. The van der Waals surface area contributed by atoms with Crippen molar-refractivity contribution in [3.8, 4) is 5.75 Å². The normalized spacial score (nSPS) is 20.2. The van der Waals surface area contributed by atoms with Gasteiger partial charge in [0.25, 0.3) is 5.91 Å². The molecule has 1 heterocycles. The third kappa shape index (κ3) is 2.58. The van der Waals surface area contributed by atoms with Crippen molar-refractivity contribution in [2.45, 2.75) is 26.4 Å². The number of hydrogen-bond acceptors (Lipinski definition) is 3. The van der Waals surface area contributed by atoms with Gasteiger partial charge in [-0.05, 0) is 43.5 Å². The molecule has 4 heteroatoms. The van der Waals surface area contributed by atoms with Crippen molar-refractivity contribution in [1.29, 1.82) is 0 Å². The molecule has 17 heavy (non-hydrogen) atoms. The molecule has 1 aliphatic heterocycles. The summed E-state index contributed by atoms with van der Waals surface area (Å²) < 4.78 is 5.49. The minimum atomic E-state index is -0.420. The number of rotatable bonds is 3. The highest BCUT2D eigenvalue weighted by Gasteiger charge is 2.23. The maximum absolute atomic E-state index is 11.5. The summed E-state index contributed by atoms with van der Waals surface area (Å²) in [5.74, 6) is 1.08. The zero-order chi connectivity index (χ0) is 12.4. The van der Waals surface area contributed by atoms with E-state index < -0.39 is 6.10 Å². The summed E-state index contributed by atoms with van der Waals surface area (Å²) in [5.41, 5.74) is 7.53. The van der Waals surface area contributed by atoms with Gasteiger partial charge < -0.3 is 15.8 Å². The molecule has 0 saturated heterocycles. The topological polar surface area (TPSA) is 64.3 Å². The van der Waals surface area contributed by atoms with E-state index in [0.717, 1.165) is 17.9 Å². The standard InChI is InChI=1S/C13H18N2O2/c1-8(7-14)5-10-3-4-12-11(6-10)15-13(16)9(2)17-12/h3-4,6,8-9H,5,7,14H2,1-2H3,(H,15,16). The predicted molar refractivity (Wildman–Crippen MR) is 67.1 cm³/mol. The van der Waals surface area contributed by atoms with Gasteiger partial charge in [-0.25, -0.2) is 0 Å². The van der Waals surface area contributed by atoms with E-state index in [1.54, 1.807) is 6.92 Å². The Balaban J connectivity index is 2.19. The fourth-order valence-corrected chi connectivity index (χ4v) is 1.87. The van der Waals surface area contributed by atoms with Gasteiger partial charge in [-0.2, -0.15) is 0 Å². The van der Waals surface area contributed by atoms with E-state index in [1.165, 1.54) is 5.56 Å². The molecule has 92 valence electrons. The van der Waals surface area contributed by atoms with Crippen molar-refractivity contribution < 1.29 is 9.53 Å². The van der Waals surface area contributed by atoms with Crippen LogP contribution in [-0.2, 0) is 11.2 Å². The van der Waals surface area contributed by atoms with Crippen LogP contribution in [-0.4, -0.2) is 18.6 Å². The molecule has 0 saturated carbocycles. The largest absolute Gasteiger partial charge is 0.479 e. The molecule has 0 aromatic heterocycles. The van der Waals surface area contributed by atoms with E-state index in [4.69, 9.17) is 10.5 Å². The molecule has 0 fully saturated rings. The second-order valence-corrected chi connectivity index (χ2v) is 4.62. The summed E-state index contributed by atoms with van der Waals surface area (Å²) in [5, 5.41) is 2.85. The molecule has 1 aliphatic rings. The minimum Gasteiger partial charge on any atom is -0.479 e. The number of nitrogens with one attached hydrogen (secondary N) is 1. The average molecular weight is 234 g/mol. The highest BCUT2D eigenvalue weighted by atomic mass is 16.5. The lowest BCUT2D eigenvalue weighted by Crippen LogP contribution is -2.34. The summed E-state index contributed by atoms with van der Waals surface area (Å²) in [4.78, 5) is 11.5. The fraction of sp³-hybridized carbons (Fsp3) is 0.462. The van der Waals surface area contributed by atoms with Crippen molar-refractivity contribution in [3.05, 3.63) is 23.8 Å². The molecule has 0 aliphatic carbocycles. The number of anilines is 1. The maximum atomic E-state index is 11.5. The SMILES string of the molecule is CC(CN)Cc1ccc2c(c1)NC(=O)C(C)O2. The molecule has 2 atom stereocenters. The van der Waals surface area contributed by atoms with Crippen molar-refractivity contribution >= 4 is 11.6 Å². The number of carbonyl (C=O) groups excluding carboxylic acids is 1. The zero-order valence-corrected chi connectivity index (χ0v) is 10.2. The Morgan fingerprint density at radius 3 is 3.00 bits per heavy atom. The van der Waals surface area contributed by atoms with Crippen LogP contribution in [0.1, 0.15) is 19.4 Å². The van der Waals surface area contributed by atoms with E-state index in [-0.39, 0.29) is 5.91 Å². The molecule has 1 aromatic carbocycles. The molecular formula is C13H18N2O2. The maximum Gasteiger partial charge on any atom is 0.265 e. The Kier molecular flexibility index (Phi) is 3.33. The lowest BCUT2D eigenvalue weighted by Gasteiger charge is -2.24. The van der Waals surface area contributed by atoms with Crippen LogP contribution in [0.2, 0.25) is 0 Å². The molecule has 0 radical (unpaired) electrons. The smallest absolute Gasteiger partial charge is 0.265 e. The van der Waals surface area contributed by atoms with Gasteiger partial charge in [0.05, 0.1) is 5.69 Å². The Labute approximate surface area is 101 Å². The lowest BCUT2D eigenvalue weighted by molar-refractivity contribution is -0.122. The van der Waals surface area contributed by atoms with E-state index in [2.05, 4.69) is 12.2 Å². The average Bonchev–Trinajstić information content (AvgIpc) is 2.31. The molecular weight excluding hydrogens is 216 g/mol. The molecule has 3 N–H and O–H groups in total. The molecule has 4 nitrogen and oxygen atoms in total. The van der Waals surface area contributed by atoms with Crippen LogP contribution < -0.4 is 15.8 Å². The quantitative estimate of drug-likeness (QED) is 0.834. The number of nitrogens with two attached hydrogens (primary N) is 1. The first-order valence-electron chi connectivity index (χ1n) is 5.90. The van der Waals surface area contributed by atoms with Crippen molar-refractivity contribution in [2.75, 3.05) is 11.9 Å². The predicted octanol–water partition coefficient (Wildman–Crippen LogP) is 1.54. The second kappa shape index (κ2) is 4.75. The van der Waals surface area contributed by atoms with Crippen molar-refractivity contribution in [3.63, 3.8) is 0 Å². The Morgan fingerprint density at radius 1 is 1.53 bits per heavy atom. The monoisotopic (exact) mass is 234 g/mol. The van der Waals surface area contributed by atoms with Gasteiger partial charge >= 0.3 is 0 Å². The minimum absolute atomic E-state index is 0.0958. The van der Waals surface area contributed by atoms with Crippen LogP contribution in [0.25, 0.3) is 0 Å². The summed E-state index contributed by atoms with van der Waals surface area (Å²) in [6.07, 6.45) is 0.492. The fourth-order valence-electron chi connectivity index (χ4n) is 1.87. The highest BCUT2D eigenvalue weighted by Crippen LogP contribution is 2.30. The summed E-state index contributed by atoms with van der Waals surface area (Å²) >= 11 is 0. The summed E-state index contributed by atoms with van der Waals surface area (Å²) in [7, 11) is 0. The van der Waals surface area contributed by atoms with Gasteiger partial charge in [-0.15, -0.1) is 0 Å². The molecule has 1 amide bonds. The van der Waals surface area contributed by atoms with E-state index in [9.17, 15) is 4.79 Å². The molecule has 2 rings (SSSR count). The van der Waals surface area contributed by atoms with Crippen LogP contribution in [0, 0.1) is 5.92 Å². The summed E-state index contributed by atoms with van der Waals surface area (Å²) in [6.45, 7) is 4.51. The zero-order valence-electron chi connectivity index (χ0n) is 10.2. The van der Waals surface area contributed by atoms with Crippen LogP contribution in [0.5, 0.6) is 5.75 Å².